The third kappa shape index (κ3) is 6.38. The highest BCUT2D eigenvalue weighted by Gasteiger charge is 2.13. The summed E-state index contributed by atoms with van der Waals surface area (Å²) >= 11 is 5.92. The van der Waals surface area contributed by atoms with Crippen molar-refractivity contribution in [3.05, 3.63) is 63.7 Å². The first-order valence-corrected chi connectivity index (χ1v) is 11.3. The van der Waals surface area contributed by atoms with Gasteiger partial charge in [-0.3, -0.25) is 9.59 Å². The Bertz CT molecular complexity index is 1020. The summed E-state index contributed by atoms with van der Waals surface area (Å²) in [5, 5.41) is 6.01. The van der Waals surface area contributed by atoms with Crippen LogP contribution in [0, 0.1) is 12.7 Å². The lowest BCUT2D eigenvalue weighted by Crippen LogP contribution is -2.18. The molecule has 2 N–H and O–H groups in total. The Morgan fingerprint density at radius 2 is 1.79 bits per heavy atom. The number of amides is 2. The zero-order valence-corrected chi connectivity index (χ0v) is 18.6. The maximum Gasteiger partial charge on any atom is 0.236 e. The van der Waals surface area contributed by atoms with Gasteiger partial charge in [0.15, 0.2) is 5.13 Å². The van der Waals surface area contributed by atoms with E-state index in [0.717, 1.165) is 14.9 Å². The first-order valence-electron chi connectivity index (χ1n) is 8.57. The molecule has 3 rings (SSSR count). The van der Waals surface area contributed by atoms with Gasteiger partial charge in [0.25, 0.3) is 0 Å². The van der Waals surface area contributed by atoms with Crippen LogP contribution in [0.5, 0.6) is 0 Å². The second kappa shape index (κ2) is 10.00. The lowest BCUT2D eigenvalue weighted by Gasteiger charge is -2.05. The van der Waals surface area contributed by atoms with E-state index < -0.39 is 0 Å². The summed E-state index contributed by atoms with van der Waals surface area (Å²) in [7, 11) is 0. The molecule has 0 aliphatic heterocycles. The van der Waals surface area contributed by atoms with Crippen LogP contribution in [0.4, 0.5) is 15.2 Å². The Labute approximate surface area is 184 Å². The van der Waals surface area contributed by atoms with Gasteiger partial charge in [0.1, 0.15) is 5.82 Å². The number of anilines is 2. The van der Waals surface area contributed by atoms with E-state index in [4.69, 9.17) is 0 Å². The molecule has 0 saturated carbocycles. The number of thioether (sulfide) groups is 1. The van der Waals surface area contributed by atoms with Gasteiger partial charge in [0.05, 0.1) is 17.2 Å². The van der Waals surface area contributed by atoms with Gasteiger partial charge in [-0.05, 0) is 49.4 Å². The molecule has 0 unspecified atom stereocenters. The quantitative estimate of drug-likeness (QED) is 0.466. The highest BCUT2D eigenvalue weighted by atomic mass is 79.9. The van der Waals surface area contributed by atoms with E-state index in [0.29, 0.717) is 16.5 Å². The van der Waals surface area contributed by atoms with Crippen LogP contribution in [-0.2, 0) is 9.59 Å². The molecule has 0 spiro atoms. The van der Waals surface area contributed by atoms with E-state index in [1.54, 1.807) is 24.3 Å². The molecule has 9 heteroatoms. The molecule has 0 atom stereocenters. The van der Waals surface area contributed by atoms with Crippen LogP contribution in [-0.4, -0.2) is 28.3 Å². The fraction of sp³-hybridized carbons (Fsp3) is 0.150. The average molecular weight is 494 g/mol. The smallest absolute Gasteiger partial charge is 0.236 e. The zero-order chi connectivity index (χ0) is 20.8. The minimum atomic E-state index is -0.309. The fourth-order valence-corrected chi connectivity index (χ4v) is 4.35. The Morgan fingerprint density at radius 3 is 2.48 bits per heavy atom. The molecule has 2 aromatic carbocycles. The molecule has 0 fully saturated rings. The van der Waals surface area contributed by atoms with E-state index in [9.17, 15) is 14.0 Å². The summed E-state index contributed by atoms with van der Waals surface area (Å²) in [6, 6.07) is 13.4. The van der Waals surface area contributed by atoms with Crippen LogP contribution >= 0.6 is 39.0 Å². The third-order valence-electron chi connectivity index (χ3n) is 3.74. The monoisotopic (exact) mass is 493 g/mol. The lowest BCUT2D eigenvalue weighted by molar-refractivity contribution is -0.114. The Morgan fingerprint density at radius 1 is 1.10 bits per heavy atom. The first-order chi connectivity index (χ1) is 13.9. The van der Waals surface area contributed by atoms with Crippen LogP contribution in [0.15, 0.2) is 53.0 Å². The molecule has 1 heterocycles. The number of aromatic nitrogens is 1. The highest BCUT2D eigenvalue weighted by molar-refractivity contribution is 9.10. The van der Waals surface area contributed by atoms with E-state index in [-0.39, 0.29) is 29.1 Å². The van der Waals surface area contributed by atoms with Crippen LogP contribution in [0.1, 0.15) is 4.88 Å². The lowest BCUT2D eigenvalue weighted by atomic mass is 10.1. The number of rotatable bonds is 7. The van der Waals surface area contributed by atoms with Gasteiger partial charge < -0.3 is 10.6 Å². The molecule has 0 saturated heterocycles. The predicted molar refractivity (Wildman–Crippen MR) is 121 cm³/mol. The van der Waals surface area contributed by atoms with Crippen molar-refractivity contribution in [3.8, 4) is 11.3 Å². The van der Waals surface area contributed by atoms with Crippen molar-refractivity contribution in [2.45, 2.75) is 6.92 Å². The van der Waals surface area contributed by atoms with Gasteiger partial charge in [-0.1, -0.05) is 22.0 Å². The summed E-state index contributed by atoms with van der Waals surface area (Å²) < 4.78 is 14.0. The molecule has 0 radical (unpaired) electrons. The number of benzene rings is 2. The minimum absolute atomic E-state index is 0.135. The van der Waals surface area contributed by atoms with Crippen LogP contribution in [0.3, 0.4) is 0 Å². The number of carbonyl (C=O) groups is 2. The molecule has 0 bridgehead atoms. The van der Waals surface area contributed by atoms with Crippen molar-refractivity contribution in [1.29, 1.82) is 0 Å². The van der Waals surface area contributed by atoms with Gasteiger partial charge in [-0.2, -0.15) is 0 Å². The number of carbonyl (C=O) groups excluding carboxylic acids is 2. The highest BCUT2D eigenvalue weighted by Crippen LogP contribution is 2.30. The molecule has 3 aromatic rings. The topological polar surface area (TPSA) is 71.1 Å². The number of hydrogen-bond donors (Lipinski definition) is 2. The van der Waals surface area contributed by atoms with Gasteiger partial charge in [-0.25, -0.2) is 9.37 Å². The minimum Gasteiger partial charge on any atom is -0.325 e. The summed E-state index contributed by atoms with van der Waals surface area (Å²) in [5.41, 5.74) is 2.20. The molecular weight excluding hydrogens is 477 g/mol. The SMILES string of the molecule is Cc1sc(NC(=O)CSCC(=O)Nc2cccc(Br)c2)nc1-c1ccc(F)cc1. The zero-order valence-electron chi connectivity index (χ0n) is 15.4. The molecule has 29 heavy (non-hydrogen) atoms. The summed E-state index contributed by atoms with van der Waals surface area (Å²) in [4.78, 5) is 29.5. The van der Waals surface area contributed by atoms with Crippen molar-refractivity contribution >= 4 is 61.7 Å². The van der Waals surface area contributed by atoms with Gasteiger partial charge in [-0.15, -0.1) is 23.1 Å². The predicted octanol–water partition coefficient (Wildman–Crippen LogP) is 5.33. The fourth-order valence-electron chi connectivity index (χ4n) is 2.48. The van der Waals surface area contributed by atoms with Crippen molar-refractivity contribution in [2.24, 2.45) is 0 Å². The largest absolute Gasteiger partial charge is 0.325 e. The standard InChI is InChI=1S/C20H17BrFN3O2S2/c1-12-19(13-5-7-15(22)8-6-13)25-20(29-12)24-18(27)11-28-10-17(26)23-16-4-2-3-14(21)9-16/h2-9H,10-11H2,1H3,(H,23,26)(H,24,25,27). The molecule has 1 aromatic heterocycles. The van der Waals surface area contributed by atoms with E-state index in [1.807, 2.05) is 19.1 Å². The second-order valence-electron chi connectivity index (χ2n) is 6.03. The summed E-state index contributed by atoms with van der Waals surface area (Å²) in [6.07, 6.45) is 0. The number of thiazole rings is 1. The molecule has 0 aliphatic carbocycles. The molecule has 5 nitrogen and oxygen atoms in total. The molecular formula is C20H17BrFN3O2S2. The van der Waals surface area contributed by atoms with E-state index in [1.165, 1.54) is 35.2 Å². The second-order valence-corrected chi connectivity index (χ2v) is 9.13. The first kappa shape index (κ1) is 21.5. The van der Waals surface area contributed by atoms with Crippen molar-refractivity contribution in [3.63, 3.8) is 0 Å². The van der Waals surface area contributed by atoms with Crippen LogP contribution in [0.2, 0.25) is 0 Å². The number of aryl methyl sites for hydroxylation is 1. The normalized spacial score (nSPS) is 10.6. The van der Waals surface area contributed by atoms with Crippen LogP contribution in [0.25, 0.3) is 11.3 Å². The third-order valence-corrected chi connectivity index (χ3v) is 6.05. The number of nitrogens with zero attached hydrogens (tertiary/aromatic N) is 1. The maximum atomic E-state index is 13.1. The number of hydrogen-bond acceptors (Lipinski definition) is 5. The summed E-state index contributed by atoms with van der Waals surface area (Å²) in [5.74, 6) is -0.418. The number of halogens is 2. The van der Waals surface area contributed by atoms with Gasteiger partial charge in [0.2, 0.25) is 11.8 Å². The Balaban J connectivity index is 1.48. The number of nitrogens with one attached hydrogen (secondary N) is 2. The molecule has 150 valence electrons. The van der Waals surface area contributed by atoms with Crippen molar-refractivity contribution in [1.82, 2.24) is 4.98 Å². The van der Waals surface area contributed by atoms with Crippen molar-refractivity contribution in [2.75, 3.05) is 22.1 Å². The summed E-state index contributed by atoms with van der Waals surface area (Å²) in [6.45, 7) is 1.90. The average Bonchev–Trinajstić information content (AvgIpc) is 3.02. The Kier molecular flexibility index (Phi) is 7.40. The van der Waals surface area contributed by atoms with Crippen LogP contribution < -0.4 is 10.6 Å². The Hall–Kier alpha value is -2.23. The van der Waals surface area contributed by atoms with E-state index in [2.05, 4.69) is 31.5 Å². The molecule has 2 amide bonds. The van der Waals surface area contributed by atoms with Crippen molar-refractivity contribution < 1.29 is 14.0 Å². The maximum absolute atomic E-state index is 13.1. The molecule has 0 aliphatic rings. The van der Waals surface area contributed by atoms with E-state index >= 15 is 0 Å². The van der Waals surface area contributed by atoms with Gasteiger partial charge in [0, 0.05) is 20.6 Å². The van der Waals surface area contributed by atoms with Gasteiger partial charge >= 0.3 is 0 Å².